The minimum atomic E-state index is -4.01. The number of carboxylic acid groups (broad SMARTS) is 1. The van der Waals surface area contributed by atoms with Gasteiger partial charge >= 0.3 is 6.09 Å². The van der Waals surface area contributed by atoms with Crippen LogP contribution in [0, 0.1) is 12.3 Å². The van der Waals surface area contributed by atoms with Gasteiger partial charge in [0.15, 0.2) is 5.03 Å². The fourth-order valence-electron chi connectivity index (χ4n) is 3.17. The molecule has 3 aromatic rings. The number of nitrogens with zero attached hydrogens (tertiary/aromatic N) is 4. The Balaban J connectivity index is 2.14. The van der Waals surface area contributed by atoms with Crippen LogP contribution in [0.4, 0.5) is 4.79 Å². The summed E-state index contributed by atoms with van der Waals surface area (Å²) in [5.74, 6) is 0. The molecule has 3 rings (SSSR count). The Morgan fingerprint density at radius 1 is 1.19 bits per heavy atom. The summed E-state index contributed by atoms with van der Waals surface area (Å²) in [6, 6.07) is 11.2. The lowest BCUT2D eigenvalue weighted by Gasteiger charge is -2.27. The summed E-state index contributed by atoms with van der Waals surface area (Å²) in [4.78, 5) is 17.1. The third kappa shape index (κ3) is 5.28. The van der Waals surface area contributed by atoms with Gasteiger partial charge in [-0.1, -0.05) is 44.5 Å². The highest BCUT2D eigenvalue weighted by atomic mass is 35.5. The van der Waals surface area contributed by atoms with E-state index in [1.54, 1.807) is 37.3 Å². The van der Waals surface area contributed by atoms with Crippen molar-refractivity contribution < 1.29 is 18.3 Å². The molecule has 2 aromatic heterocycles. The molecule has 2 heterocycles. The van der Waals surface area contributed by atoms with Crippen LogP contribution in [0.15, 0.2) is 58.6 Å². The third-order valence-corrected chi connectivity index (χ3v) is 6.59. The number of aromatic nitrogens is 3. The highest BCUT2D eigenvalue weighted by Gasteiger charge is 2.28. The Kier molecular flexibility index (Phi) is 6.61. The van der Waals surface area contributed by atoms with Crippen LogP contribution in [0.1, 0.15) is 32.2 Å². The van der Waals surface area contributed by atoms with Gasteiger partial charge < -0.3 is 10.0 Å². The lowest BCUT2D eigenvalue weighted by molar-refractivity contribution is 0.122. The molecule has 1 aromatic carbocycles. The maximum absolute atomic E-state index is 13.4. The number of carbonyl (C=O) groups is 1. The number of hydrogen-bond acceptors (Lipinski definition) is 5. The number of aryl methyl sites for hydroxylation is 1. The molecule has 32 heavy (non-hydrogen) atoms. The fourth-order valence-corrected chi connectivity index (χ4v) is 4.72. The van der Waals surface area contributed by atoms with Crippen molar-refractivity contribution in [1.29, 1.82) is 0 Å². The lowest BCUT2D eigenvalue weighted by Crippen LogP contribution is -2.36. The Hall–Kier alpha value is -2.91. The predicted octanol–water partition coefficient (Wildman–Crippen LogP) is 4.59. The summed E-state index contributed by atoms with van der Waals surface area (Å²) in [6.07, 6.45) is 0.177. The molecule has 8 nitrogen and oxygen atoms in total. The zero-order chi connectivity index (χ0) is 23.7. The molecule has 0 aliphatic heterocycles. The fraction of sp³-hybridized carbons (Fsp3) is 0.318. The van der Waals surface area contributed by atoms with E-state index >= 15 is 0 Å². The van der Waals surface area contributed by atoms with Crippen molar-refractivity contribution in [2.24, 2.45) is 5.41 Å². The van der Waals surface area contributed by atoms with E-state index in [9.17, 15) is 18.3 Å². The normalized spacial score (nSPS) is 12.0. The predicted molar refractivity (Wildman–Crippen MR) is 121 cm³/mol. The van der Waals surface area contributed by atoms with Gasteiger partial charge in [-0.3, -0.25) is 4.98 Å². The first-order valence-electron chi connectivity index (χ1n) is 9.88. The molecule has 0 fully saturated rings. The zero-order valence-electron chi connectivity index (χ0n) is 18.3. The molecule has 170 valence electrons. The van der Waals surface area contributed by atoms with Crippen molar-refractivity contribution in [2.75, 3.05) is 6.54 Å². The Morgan fingerprint density at radius 2 is 1.88 bits per heavy atom. The van der Waals surface area contributed by atoms with Gasteiger partial charge in [0.1, 0.15) is 0 Å². The van der Waals surface area contributed by atoms with Crippen LogP contribution in [0.5, 0.6) is 0 Å². The first kappa shape index (κ1) is 23.7. The summed E-state index contributed by atoms with van der Waals surface area (Å²) in [5.41, 5.74) is 1.06. The van der Waals surface area contributed by atoms with Crippen LogP contribution in [-0.2, 0) is 16.4 Å². The molecule has 0 radical (unpaired) electrons. The van der Waals surface area contributed by atoms with E-state index in [0.29, 0.717) is 16.4 Å². The maximum Gasteiger partial charge on any atom is 0.407 e. The second-order valence-electron chi connectivity index (χ2n) is 8.68. The molecule has 1 amide bonds. The van der Waals surface area contributed by atoms with Gasteiger partial charge in [-0.05, 0) is 36.6 Å². The van der Waals surface area contributed by atoms with E-state index in [1.807, 2.05) is 20.8 Å². The third-order valence-electron chi connectivity index (χ3n) is 4.57. The molecule has 0 unspecified atom stereocenters. The first-order chi connectivity index (χ1) is 14.9. The standard InChI is InChI=1S/C22H25ClN4O4S/c1-15-9-10-17(12-24-15)32(30,31)20-11-16(13-26(21(28)29)14-22(2,3)4)25-27(20)19-8-6-5-7-18(19)23/h5-12H,13-14H2,1-4H3,(H,28,29). The average molecular weight is 477 g/mol. The second kappa shape index (κ2) is 8.91. The monoisotopic (exact) mass is 476 g/mol. The van der Waals surface area contributed by atoms with E-state index in [-0.39, 0.29) is 34.1 Å². The van der Waals surface area contributed by atoms with Crippen LogP contribution >= 0.6 is 11.6 Å². The number of pyridine rings is 1. The van der Waals surface area contributed by atoms with Gasteiger partial charge in [-0.15, -0.1) is 0 Å². The Bertz CT molecular complexity index is 1230. The van der Waals surface area contributed by atoms with Crippen LogP contribution in [-0.4, -0.2) is 45.8 Å². The quantitative estimate of drug-likeness (QED) is 0.557. The molecule has 0 aliphatic carbocycles. The van der Waals surface area contributed by atoms with Crippen molar-refractivity contribution in [1.82, 2.24) is 19.7 Å². The minimum absolute atomic E-state index is 0.00707. The summed E-state index contributed by atoms with van der Waals surface area (Å²) in [6.45, 7) is 7.71. The van der Waals surface area contributed by atoms with E-state index in [0.717, 1.165) is 0 Å². The molecule has 1 N–H and O–H groups in total. The van der Waals surface area contributed by atoms with Crippen molar-refractivity contribution in [3.63, 3.8) is 0 Å². The van der Waals surface area contributed by atoms with Gasteiger partial charge in [0.05, 0.1) is 27.8 Å². The molecule has 0 atom stereocenters. The molecule has 0 saturated carbocycles. The van der Waals surface area contributed by atoms with Crippen LogP contribution < -0.4 is 0 Å². The number of rotatable bonds is 6. The van der Waals surface area contributed by atoms with Gasteiger partial charge in [0, 0.05) is 24.5 Å². The van der Waals surface area contributed by atoms with Gasteiger partial charge in [0.25, 0.3) is 0 Å². The van der Waals surface area contributed by atoms with Crippen molar-refractivity contribution in [3.8, 4) is 5.69 Å². The lowest BCUT2D eigenvalue weighted by atomic mass is 9.96. The molecule has 0 spiro atoms. The number of amides is 1. The Labute approximate surface area is 192 Å². The van der Waals surface area contributed by atoms with Crippen LogP contribution in [0.25, 0.3) is 5.69 Å². The highest BCUT2D eigenvalue weighted by Crippen LogP contribution is 2.28. The number of sulfone groups is 1. The number of benzene rings is 1. The molecular weight excluding hydrogens is 452 g/mol. The van der Waals surface area contributed by atoms with E-state index in [1.165, 1.54) is 27.9 Å². The van der Waals surface area contributed by atoms with Crippen molar-refractivity contribution in [2.45, 2.75) is 44.2 Å². The van der Waals surface area contributed by atoms with Crippen LogP contribution in [0.3, 0.4) is 0 Å². The Morgan fingerprint density at radius 3 is 2.44 bits per heavy atom. The van der Waals surface area contributed by atoms with Gasteiger partial charge in [-0.25, -0.2) is 17.9 Å². The smallest absolute Gasteiger partial charge is 0.407 e. The summed E-state index contributed by atoms with van der Waals surface area (Å²) < 4.78 is 28.1. The number of hydrogen-bond donors (Lipinski definition) is 1. The molecule has 0 aliphatic rings. The molecular formula is C22H25ClN4O4S. The second-order valence-corrected chi connectivity index (χ2v) is 11.0. The molecule has 0 bridgehead atoms. The van der Waals surface area contributed by atoms with Crippen LogP contribution in [0.2, 0.25) is 5.02 Å². The summed E-state index contributed by atoms with van der Waals surface area (Å²) in [7, 11) is -4.01. The van der Waals surface area contributed by atoms with Gasteiger partial charge in [-0.2, -0.15) is 5.10 Å². The summed E-state index contributed by atoms with van der Waals surface area (Å²) in [5, 5.41) is 14.3. The SMILES string of the molecule is Cc1ccc(S(=O)(=O)c2cc(CN(CC(C)(C)C)C(=O)O)nn2-c2ccccc2Cl)cn1. The first-order valence-corrected chi connectivity index (χ1v) is 11.7. The van der Waals surface area contributed by atoms with Crippen molar-refractivity contribution >= 4 is 27.5 Å². The van der Waals surface area contributed by atoms with E-state index < -0.39 is 15.9 Å². The highest BCUT2D eigenvalue weighted by molar-refractivity contribution is 7.91. The number of halogens is 1. The minimum Gasteiger partial charge on any atom is -0.465 e. The van der Waals surface area contributed by atoms with Gasteiger partial charge in [0.2, 0.25) is 9.84 Å². The topological polar surface area (TPSA) is 105 Å². The van der Waals surface area contributed by atoms with E-state index in [4.69, 9.17) is 11.6 Å². The van der Waals surface area contributed by atoms with E-state index in [2.05, 4.69) is 10.1 Å². The zero-order valence-corrected chi connectivity index (χ0v) is 19.9. The summed E-state index contributed by atoms with van der Waals surface area (Å²) >= 11 is 6.33. The molecule has 10 heteroatoms. The number of para-hydroxylation sites is 1. The van der Waals surface area contributed by atoms with Crippen molar-refractivity contribution in [3.05, 3.63) is 65.1 Å². The molecule has 0 saturated heterocycles. The average Bonchev–Trinajstić information content (AvgIpc) is 3.11. The largest absolute Gasteiger partial charge is 0.465 e. The maximum atomic E-state index is 13.4.